The van der Waals surface area contributed by atoms with Crippen molar-refractivity contribution in [2.75, 3.05) is 14.1 Å². The monoisotopic (exact) mass is 671 g/mol. The van der Waals surface area contributed by atoms with Gasteiger partial charge in [0.2, 0.25) is 21.8 Å². The molecular formula is C34H49N5O7S. The van der Waals surface area contributed by atoms with E-state index < -0.39 is 55.6 Å². The molecule has 258 valence electrons. The van der Waals surface area contributed by atoms with Crippen molar-refractivity contribution in [2.24, 2.45) is 11.3 Å². The molecule has 0 saturated heterocycles. The highest BCUT2D eigenvalue weighted by Gasteiger charge is 2.41. The van der Waals surface area contributed by atoms with Gasteiger partial charge in [-0.15, -0.1) is 0 Å². The van der Waals surface area contributed by atoms with E-state index in [-0.39, 0.29) is 34.6 Å². The first kappa shape index (κ1) is 39.1. The van der Waals surface area contributed by atoms with Crippen LogP contribution in [0.25, 0.3) is 0 Å². The minimum Gasteiger partial charge on any atom is -0.342 e. The number of hydrogen-bond acceptors (Lipinski definition) is 8. The van der Waals surface area contributed by atoms with E-state index in [1.165, 1.54) is 36.1 Å². The number of nitrogens with zero attached hydrogens (tertiary/aromatic N) is 2. The summed E-state index contributed by atoms with van der Waals surface area (Å²) in [5, 5.41) is 17.2. The molecule has 3 amide bonds. The summed E-state index contributed by atoms with van der Waals surface area (Å²) in [5.41, 5.74) is -0.402. The molecule has 3 atom stereocenters. The molecule has 0 fully saturated rings. The van der Waals surface area contributed by atoms with Crippen LogP contribution in [0.4, 0.5) is 5.69 Å². The van der Waals surface area contributed by atoms with Crippen LogP contribution in [0.3, 0.4) is 0 Å². The predicted molar refractivity (Wildman–Crippen MR) is 183 cm³/mol. The van der Waals surface area contributed by atoms with Gasteiger partial charge in [-0.05, 0) is 36.4 Å². The average molecular weight is 672 g/mol. The molecule has 47 heavy (non-hydrogen) atoms. The van der Waals surface area contributed by atoms with E-state index in [1.807, 2.05) is 83.5 Å². The highest BCUT2D eigenvalue weighted by atomic mass is 32.2. The van der Waals surface area contributed by atoms with Gasteiger partial charge in [0.15, 0.2) is 0 Å². The Labute approximate surface area is 278 Å². The lowest BCUT2D eigenvalue weighted by Crippen LogP contribution is -2.61. The number of non-ortho nitro benzene ring substituents is 1. The Balaban J connectivity index is 2.29. The first-order chi connectivity index (χ1) is 21.6. The van der Waals surface area contributed by atoms with Gasteiger partial charge in [-0.25, -0.2) is 13.1 Å². The largest absolute Gasteiger partial charge is 0.342 e. The number of benzene rings is 2. The quantitative estimate of drug-likeness (QED) is 0.154. The Morgan fingerprint density at radius 3 is 2.09 bits per heavy atom. The topological polar surface area (TPSA) is 168 Å². The minimum atomic E-state index is -4.20. The normalized spacial score (nSPS) is 14.6. The molecule has 0 aliphatic heterocycles. The number of carbonyl (C=O) groups is 3. The Morgan fingerprint density at radius 2 is 1.57 bits per heavy atom. The van der Waals surface area contributed by atoms with Gasteiger partial charge in [0.1, 0.15) is 6.04 Å². The standard InChI is InChI=1S/C34H49N5O7S/c1-22(2)27(19-23(3)30(40)37-47(45,46)21-24-15-14-18-26(20-24)39(43)44)38(10)32(42)29(33(4,5)6)36-31(41)28(35-9)34(7,8)25-16-12-11-13-17-25/h11-20,22,27-29,35H,21H2,1-10H3,(H,36,41)(H,37,40)/b23-19+/t27-,28-,29-/m1/s1. The average Bonchev–Trinajstić information content (AvgIpc) is 2.97. The van der Waals surface area contributed by atoms with Gasteiger partial charge in [-0.2, -0.15) is 0 Å². The summed E-state index contributed by atoms with van der Waals surface area (Å²) in [6.45, 7) is 14.6. The number of hydrogen-bond donors (Lipinski definition) is 3. The van der Waals surface area contributed by atoms with Crippen LogP contribution in [0.15, 0.2) is 66.2 Å². The summed E-state index contributed by atoms with van der Waals surface area (Å²) in [5.74, 6) is -2.43. The molecule has 13 heteroatoms. The third-order valence-electron chi connectivity index (χ3n) is 8.17. The highest BCUT2D eigenvalue weighted by molar-refractivity contribution is 7.89. The Bertz CT molecular complexity index is 1580. The first-order valence-corrected chi connectivity index (χ1v) is 17.0. The fraction of sp³-hybridized carbons (Fsp3) is 0.500. The molecule has 12 nitrogen and oxygen atoms in total. The number of nitro benzene ring substituents is 1. The lowest BCUT2D eigenvalue weighted by Gasteiger charge is -2.40. The predicted octanol–water partition coefficient (Wildman–Crippen LogP) is 4.07. The maximum atomic E-state index is 14.1. The molecular weight excluding hydrogens is 622 g/mol. The number of carbonyl (C=O) groups excluding carboxylic acids is 3. The zero-order valence-electron chi connectivity index (χ0n) is 29.0. The maximum Gasteiger partial charge on any atom is 0.269 e. The molecule has 0 aromatic heterocycles. The SMILES string of the molecule is CN[C@H](C(=O)N[C@H](C(=O)N(C)[C@H](/C=C(\C)C(=O)NS(=O)(=O)Cc1cccc([N+](=O)[O-])c1)C(C)C)C(C)(C)C)C(C)(C)c1ccccc1. The third-order valence-corrected chi connectivity index (χ3v) is 9.38. The van der Waals surface area contributed by atoms with Crippen LogP contribution >= 0.6 is 0 Å². The second kappa shape index (κ2) is 15.7. The molecule has 2 aromatic carbocycles. The van der Waals surface area contributed by atoms with Gasteiger partial charge in [0.05, 0.1) is 22.8 Å². The van der Waals surface area contributed by atoms with Crippen molar-refractivity contribution >= 4 is 33.4 Å². The van der Waals surface area contributed by atoms with E-state index >= 15 is 0 Å². The van der Waals surface area contributed by atoms with Crippen molar-refractivity contribution < 1.29 is 27.7 Å². The van der Waals surface area contributed by atoms with E-state index in [0.717, 1.165) is 11.6 Å². The molecule has 0 unspecified atom stereocenters. The van der Waals surface area contributed by atoms with Crippen molar-refractivity contribution in [3.05, 3.63) is 87.5 Å². The molecule has 0 spiro atoms. The van der Waals surface area contributed by atoms with Crippen molar-refractivity contribution in [2.45, 2.75) is 84.7 Å². The minimum absolute atomic E-state index is 0.0576. The van der Waals surface area contributed by atoms with E-state index in [0.29, 0.717) is 0 Å². The summed E-state index contributed by atoms with van der Waals surface area (Å²) in [7, 11) is -0.914. The highest BCUT2D eigenvalue weighted by Crippen LogP contribution is 2.29. The van der Waals surface area contributed by atoms with Crippen molar-refractivity contribution in [3.8, 4) is 0 Å². The third kappa shape index (κ3) is 10.4. The van der Waals surface area contributed by atoms with E-state index in [9.17, 15) is 32.9 Å². The molecule has 0 saturated carbocycles. The summed E-state index contributed by atoms with van der Waals surface area (Å²) in [4.78, 5) is 52.7. The van der Waals surface area contributed by atoms with Crippen LogP contribution in [0.5, 0.6) is 0 Å². The molecule has 0 radical (unpaired) electrons. The van der Waals surface area contributed by atoms with Gasteiger partial charge >= 0.3 is 0 Å². The number of nitro groups is 1. The molecule has 2 rings (SSSR count). The van der Waals surface area contributed by atoms with Crippen LogP contribution < -0.4 is 15.4 Å². The second-order valence-corrected chi connectivity index (χ2v) is 15.5. The number of rotatable bonds is 14. The summed E-state index contributed by atoms with van der Waals surface area (Å²) < 4.78 is 27.5. The number of nitrogens with one attached hydrogen (secondary N) is 3. The van der Waals surface area contributed by atoms with E-state index in [4.69, 9.17) is 0 Å². The molecule has 3 N–H and O–H groups in total. The summed E-state index contributed by atoms with van der Waals surface area (Å²) in [6.07, 6.45) is 1.53. The maximum absolute atomic E-state index is 14.1. The molecule has 0 heterocycles. The van der Waals surface area contributed by atoms with Crippen LogP contribution in [0.1, 0.15) is 66.5 Å². The molecule has 2 aromatic rings. The van der Waals surface area contributed by atoms with Gasteiger partial charge in [-0.3, -0.25) is 24.5 Å². The van der Waals surface area contributed by atoms with Crippen molar-refractivity contribution in [3.63, 3.8) is 0 Å². The zero-order valence-corrected chi connectivity index (χ0v) is 29.8. The lowest BCUT2D eigenvalue weighted by atomic mass is 9.76. The van der Waals surface area contributed by atoms with Crippen LogP contribution in [0.2, 0.25) is 0 Å². The smallest absolute Gasteiger partial charge is 0.269 e. The molecule has 0 aliphatic rings. The van der Waals surface area contributed by atoms with Crippen LogP contribution in [0, 0.1) is 21.4 Å². The zero-order chi connectivity index (χ0) is 35.9. The lowest BCUT2D eigenvalue weighted by molar-refractivity contribution is -0.384. The van der Waals surface area contributed by atoms with Gasteiger partial charge in [0.25, 0.3) is 11.6 Å². The molecule has 0 bridgehead atoms. The second-order valence-electron chi connectivity index (χ2n) is 13.8. The summed E-state index contributed by atoms with van der Waals surface area (Å²) in [6, 6.07) is 12.6. The number of likely N-dealkylation sites (N-methyl/N-ethyl adjacent to an activating group) is 2. The fourth-order valence-electron chi connectivity index (χ4n) is 5.40. The van der Waals surface area contributed by atoms with Crippen molar-refractivity contribution in [1.82, 2.24) is 20.3 Å². The first-order valence-electron chi connectivity index (χ1n) is 15.4. The van der Waals surface area contributed by atoms with Gasteiger partial charge in [0, 0.05) is 30.2 Å². The Morgan fingerprint density at radius 1 is 0.979 bits per heavy atom. The van der Waals surface area contributed by atoms with Crippen molar-refractivity contribution in [1.29, 1.82) is 0 Å². The number of amides is 3. The molecule has 0 aliphatic carbocycles. The Kier molecular flexibility index (Phi) is 13.0. The van der Waals surface area contributed by atoms with Crippen LogP contribution in [-0.4, -0.2) is 68.2 Å². The summed E-state index contributed by atoms with van der Waals surface area (Å²) >= 11 is 0. The fourth-order valence-corrected chi connectivity index (χ4v) is 6.53. The number of sulfonamides is 1. The Hall–Kier alpha value is -4.10. The van der Waals surface area contributed by atoms with E-state index in [2.05, 4.69) is 10.6 Å². The van der Waals surface area contributed by atoms with Gasteiger partial charge in [-0.1, -0.05) is 97.0 Å². The van der Waals surface area contributed by atoms with Gasteiger partial charge < -0.3 is 15.5 Å². The van der Waals surface area contributed by atoms with E-state index in [1.54, 1.807) is 14.1 Å². The van der Waals surface area contributed by atoms with Crippen LogP contribution in [-0.2, 0) is 35.6 Å².